The second kappa shape index (κ2) is 8.12. The Labute approximate surface area is 99.6 Å². The summed E-state index contributed by atoms with van der Waals surface area (Å²) in [7, 11) is 0. The zero-order chi connectivity index (χ0) is 11.6. The SMILES string of the molecule is C=C[C](CCNCCCC)c1ccccc1. The minimum atomic E-state index is 1.04. The molecule has 16 heavy (non-hydrogen) atoms. The Balaban J connectivity index is 2.30. The summed E-state index contributed by atoms with van der Waals surface area (Å²) < 4.78 is 0. The molecular formula is C15H22N. The van der Waals surface area contributed by atoms with Gasteiger partial charge in [0.05, 0.1) is 0 Å². The van der Waals surface area contributed by atoms with Crippen LogP contribution in [0.3, 0.4) is 0 Å². The summed E-state index contributed by atoms with van der Waals surface area (Å²) in [5, 5.41) is 3.45. The van der Waals surface area contributed by atoms with E-state index in [2.05, 4.69) is 43.1 Å². The van der Waals surface area contributed by atoms with Crippen molar-refractivity contribution in [2.75, 3.05) is 13.1 Å². The molecule has 0 spiro atoms. The van der Waals surface area contributed by atoms with E-state index in [1.54, 1.807) is 0 Å². The van der Waals surface area contributed by atoms with Crippen molar-refractivity contribution in [1.29, 1.82) is 0 Å². The van der Waals surface area contributed by atoms with E-state index >= 15 is 0 Å². The fourth-order valence-corrected chi connectivity index (χ4v) is 1.67. The number of rotatable bonds is 8. The maximum atomic E-state index is 3.89. The lowest BCUT2D eigenvalue weighted by atomic mass is 9.96. The van der Waals surface area contributed by atoms with Gasteiger partial charge in [0, 0.05) is 5.92 Å². The molecule has 0 aliphatic heterocycles. The van der Waals surface area contributed by atoms with Crippen LogP contribution in [-0.2, 0) is 0 Å². The van der Waals surface area contributed by atoms with Crippen LogP contribution in [0.2, 0.25) is 0 Å². The van der Waals surface area contributed by atoms with Crippen LogP contribution in [0.1, 0.15) is 31.7 Å². The quantitative estimate of drug-likeness (QED) is 0.655. The lowest BCUT2D eigenvalue weighted by Gasteiger charge is -2.12. The van der Waals surface area contributed by atoms with Crippen molar-refractivity contribution in [3.05, 3.63) is 54.5 Å². The second-order valence-corrected chi connectivity index (χ2v) is 3.95. The number of hydrogen-bond donors (Lipinski definition) is 1. The zero-order valence-electron chi connectivity index (χ0n) is 10.2. The Morgan fingerprint density at radius 3 is 2.62 bits per heavy atom. The Morgan fingerprint density at radius 1 is 1.25 bits per heavy atom. The van der Waals surface area contributed by atoms with Crippen LogP contribution in [0.5, 0.6) is 0 Å². The first-order valence-corrected chi connectivity index (χ1v) is 6.13. The number of hydrogen-bond acceptors (Lipinski definition) is 1. The molecule has 0 fully saturated rings. The van der Waals surface area contributed by atoms with Crippen LogP contribution < -0.4 is 5.32 Å². The average Bonchev–Trinajstić information content (AvgIpc) is 2.35. The topological polar surface area (TPSA) is 12.0 Å². The van der Waals surface area contributed by atoms with Gasteiger partial charge in [-0.15, -0.1) is 6.58 Å². The molecule has 1 N–H and O–H groups in total. The monoisotopic (exact) mass is 216 g/mol. The number of unbranched alkanes of at least 4 members (excludes halogenated alkanes) is 1. The van der Waals surface area contributed by atoms with Gasteiger partial charge in [0.25, 0.3) is 0 Å². The smallest absolute Gasteiger partial charge is 0.0273 e. The maximum absolute atomic E-state index is 3.89. The first-order valence-electron chi connectivity index (χ1n) is 6.13. The van der Waals surface area contributed by atoms with Crippen molar-refractivity contribution in [2.24, 2.45) is 0 Å². The van der Waals surface area contributed by atoms with Crippen LogP contribution >= 0.6 is 0 Å². The Kier molecular flexibility index (Phi) is 6.59. The molecule has 0 unspecified atom stereocenters. The van der Waals surface area contributed by atoms with Gasteiger partial charge < -0.3 is 5.32 Å². The van der Waals surface area contributed by atoms with Crippen molar-refractivity contribution in [2.45, 2.75) is 26.2 Å². The number of benzene rings is 1. The summed E-state index contributed by atoms with van der Waals surface area (Å²) in [5.74, 6) is 1.32. The summed E-state index contributed by atoms with van der Waals surface area (Å²) >= 11 is 0. The third-order valence-electron chi connectivity index (χ3n) is 2.67. The molecule has 0 atom stereocenters. The third-order valence-corrected chi connectivity index (χ3v) is 2.67. The van der Waals surface area contributed by atoms with E-state index in [0.717, 1.165) is 19.5 Å². The number of nitrogens with one attached hydrogen (secondary N) is 1. The van der Waals surface area contributed by atoms with E-state index in [1.165, 1.54) is 24.3 Å². The molecule has 1 nitrogen and oxygen atoms in total. The van der Waals surface area contributed by atoms with Crippen molar-refractivity contribution in [3.8, 4) is 0 Å². The van der Waals surface area contributed by atoms with E-state index in [-0.39, 0.29) is 0 Å². The van der Waals surface area contributed by atoms with Crippen molar-refractivity contribution in [1.82, 2.24) is 5.32 Å². The van der Waals surface area contributed by atoms with Crippen LogP contribution in [0.15, 0.2) is 43.0 Å². The van der Waals surface area contributed by atoms with Gasteiger partial charge in [-0.2, -0.15) is 0 Å². The van der Waals surface area contributed by atoms with Crippen molar-refractivity contribution in [3.63, 3.8) is 0 Å². The molecule has 1 radical (unpaired) electrons. The second-order valence-electron chi connectivity index (χ2n) is 3.95. The molecule has 1 rings (SSSR count). The van der Waals surface area contributed by atoms with E-state index in [9.17, 15) is 0 Å². The van der Waals surface area contributed by atoms with Gasteiger partial charge in [0.1, 0.15) is 0 Å². The van der Waals surface area contributed by atoms with Gasteiger partial charge in [-0.1, -0.05) is 49.8 Å². The third kappa shape index (κ3) is 4.63. The molecule has 0 aliphatic rings. The first-order chi connectivity index (χ1) is 7.88. The molecule has 0 bridgehead atoms. The normalized spacial score (nSPS) is 10.6. The van der Waals surface area contributed by atoms with E-state index in [4.69, 9.17) is 0 Å². The molecule has 0 amide bonds. The van der Waals surface area contributed by atoms with Crippen LogP contribution in [0, 0.1) is 5.92 Å². The van der Waals surface area contributed by atoms with Gasteiger partial charge in [-0.3, -0.25) is 0 Å². The fraction of sp³-hybridized carbons (Fsp3) is 0.400. The van der Waals surface area contributed by atoms with Gasteiger partial charge in [-0.25, -0.2) is 0 Å². The molecule has 0 aliphatic carbocycles. The molecule has 0 aromatic heterocycles. The van der Waals surface area contributed by atoms with E-state index in [1.807, 2.05) is 12.1 Å². The maximum Gasteiger partial charge on any atom is 0.0273 e. The molecule has 0 saturated carbocycles. The van der Waals surface area contributed by atoms with Crippen molar-refractivity contribution < 1.29 is 0 Å². The highest BCUT2D eigenvalue weighted by Crippen LogP contribution is 2.18. The van der Waals surface area contributed by atoms with Gasteiger partial charge in [0.15, 0.2) is 0 Å². The summed E-state index contributed by atoms with van der Waals surface area (Å²) in [6.45, 7) is 8.26. The predicted octanol–water partition coefficient (Wildman–Crippen LogP) is 3.57. The average molecular weight is 216 g/mol. The lowest BCUT2D eigenvalue weighted by Crippen LogP contribution is -2.18. The largest absolute Gasteiger partial charge is 0.317 e. The highest BCUT2D eigenvalue weighted by Gasteiger charge is 2.06. The zero-order valence-corrected chi connectivity index (χ0v) is 10.2. The van der Waals surface area contributed by atoms with Gasteiger partial charge in [-0.05, 0) is 31.5 Å². The standard InChI is InChI=1S/C15H22N/c1-3-5-12-16-13-11-14(4-2)15-9-7-6-8-10-15/h4,6-10,16H,2-3,5,11-13H2,1H3. The van der Waals surface area contributed by atoms with Gasteiger partial charge >= 0.3 is 0 Å². The highest BCUT2D eigenvalue weighted by atomic mass is 14.8. The summed E-state index contributed by atoms with van der Waals surface area (Å²) in [6, 6.07) is 10.5. The first kappa shape index (κ1) is 13.0. The Hall–Kier alpha value is -1.08. The summed E-state index contributed by atoms with van der Waals surface area (Å²) in [6.07, 6.45) is 5.53. The molecule has 1 aromatic carbocycles. The van der Waals surface area contributed by atoms with E-state index in [0.29, 0.717) is 0 Å². The molecule has 1 heteroatoms. The lowest BCUT2D eigenvalue weighted by molar-refractivity contribution is 0.631. The highest BCUT2D eigenvalue weighted by molar-refractivity contribution is 5.36. The Bertz CT molecular complexity index is 279. The molecule has 0 saturated heterocycles. The van der Waals surface area contributed by atoms with Gasteiger partial charge in [0.2, 0.25) is 0 Å². The van der Waals surface area contributed by atoms with Crippen LogP contribution in [0.4, 0.5) is 0 Å². The predicted molar refractivity (Wildman–Crippen MR) is 71.4 cm³/mol. The molecule has 0 heterocycles. The summed E-state index contributed by atoms with van der Waals surface area (Å²) in [4.78, 5) is 0. The fourth-order valence-electron chi connectivity index (χ4n) is 1.67. The number of allylic oxidation sites excluding steroid dienone is 1. The van der Waals surface area contributed by atoms with Crippen LogP contribution in [0.25, 0.3) is 0 Å². The summed E-state index contributed by atoms with van der Waals surface area (Å²) in [5.41, 5.74) is 1.29. The molecule has 1 aromatic rings. The molecular weight excluding hydrogens is 194 g/mol. The van der Waals surface area contributed by atoms with Crippen LogP contribution in [-0.4, -0.2) is 13.1 Å². The van der Waals surface area contributed by atoms with E-state index < -0.39 is 0 Å². The minimum Gasteiger partial charge on any atom is -0.317 e. The Morgan fingerprint density at radius 2 is 2.00 bits per heavy atom. The molecule has 87 valence electrons. The minimum absolute atomic E-state index is 1.04. The van der Waals surface area contributed by atoms with Crippen molar-refractivity contribution >= 4 is 0 Å².